The van der Waals surface area contributed by atoms with Gasteiger partial charge in [0.1, 0.15) is 11.5 Å². The molecule has 1 aromatic carbocycles. The average molecular weight is 365 g/mol. The summed E-state index contributed by atoms with van der Waals surface area (Å²) < 4.78 is 12.6. The summed E-state index contributed by atoms with van der Waals surface area (Å²) in [5.41, 5.74) is 0. The van der Waals surface area contributed by atoms with Crippen molar-refractivity contribution in [1.29, 1.82) is 0 Å². The lowest BCUT2D eigenvalue weighted by Gasteiger charge is -2.23. The van der Waals surface area contributed by atoms with Crippen molar-refractivity contribution in [3.8, 4) is 11.5 Å². The van der Waals surface area contributed by atoms with Crippen molar-refractivity contribution in [3.63, 3.8) is 0 Å². The molecule has 0 aliphatic carbocycles. The Bertz CT molecular complexity index is 437. The number of unbranched alkanes of at least 4 members (excludes halogenated alkanes) is 8. The SMILES string of the molecule is CCCCOc1ccc(OCCCCCCCCCC[N+](C)(C)C)cc1. The highest BCUT2D eigenvalue weighted by Gasteiger charge is 2.05. The van der Waals surface area contributed by atoms with E-state index in [2.05, 4.69) is 28.1 Å². The van der Waals surface area contributed by atoms with Crippen molar-refractivity contribution in [3.05, 3.63) is 24.3 Å². The van der Waals surface area contributed by atoms with Gasteiger partial charge in [-0.3, -0.25) is 0 Å². The number of hydrogen-bond acceptors (Lipinski definition) is 2. The number of hydrogen-bond donors (Lipinski definition) is 0. The van der Waals surface area contributed by atoms with E-state index < -0.39 is 0 Å². The molecule has 0 aliphatic rings. The molecule has 0 bridgehead atoms. The Morgan fingerprint density at radius 1 is 0.615 bits per heavy atom. The molecule has 0 aliphatic heterocycles. The smallest absolute Gasteiger partial charge is 0.119 e. The Kier molecular flexibility index (Phi) is 12.2. The quantitative estimate of drug-likeness (QED) is 0.262. The van der Waals surface area contributed by atoms with Crippen molar-refractivity contribution < 1.29 is 14.0 Å². The second-order valence-electron chi connectivity index (χ2n) is 8.36. The van der Waals surface area contributed by atoms with Gasteiger partial charge in [-0.15, -0.1) is 0 Å². The van der Waals surface area contributed by atoms with Crippen molar-refractivity contribution >= 4 is 0 Å². The lowest BCUT2D eigenvalue weighted by atomic mass is 10.1. The van der Waals surface area contributed by atoms with Gasteiger partial charge in [-0.05, 0) is 49.9 Å². The van der Waals surface area contributed by atoms with E-state index in [1.54, 1.807) is 0 Å². The Balaban J connectivity index is 1.92. The molecule has 0 fully saturated rings. The topological polar surface area (TPSA) is 18.5 Å². The highest BCUT2D eigenvalue weighted by molar-refractivity contribution is 5.31. The standard InChI is InChI=1S/C23H42NO2/c1-5-6-20-25-22-15-17-23(18-16-22)26-21-14-12-10-8-7-9-11-13-19-24(2,3)4/h15-18H,5-14,19-21H2,1-4H3/q+1. The number of ether oxygens (including phenoxy) is 2. The monoisotopic (exact) mass is 364 g/mol. The second kappa shape index (κ2) is 13.9. The second-order valence-corrected chi connectivity index (χ2v) is 8.36. The van der Waals surface area contributed by atoms with Crippen LogP contribution in [0.25, 0.3) is 0 Å². The Morgan fingerprint density at radius 3 is 1.50 bits per heavy atom. The van der Waals surface area contributed by atoms with Gasteiger partial charge in [-0.25, -0.2) is 0 Å². The molecule has 1 aromatic rings. The van der Waals surface area contributed by atoms with Gasteiger partial charge in [0, 0.05) is 0 Å². The van der Waals surface area contributed by atoms with Crippen LogP contribution in [0.1, 0.15) is 71.1 Å². The van der Waals surface area contributed by atoms with Crippen LogP contribution in [0.3, 0.4) is 0 Å². The predicted octanol–water partition coefficient (Wildman–Crippen LogP) is 6.07. The van der Waals surface area contributed by atoms with Crippen LogP contribution < -0.4 is 9.47 Å². The molecule has 26 heavy (non-hydrogen) atoms. The maximum absolute atomic E-state index is 5.82. The molecule has 0 unspecified atom stereocenters. The summed E-state index contributed by atoms with van der Waals surface area (Å²) in [5, 5.41) is 0. The Hall–Kier alpha value is -1.22. The number of nitrogens with zero attached hydrogens (tertiary/aromatic N) is 1. The first-order valence-electron chi connectivity index (χ1n) is 10.7. The minimum absolute atomic E-state index is 0.798. The Labute approximate surface area is 162 Å². The van der Waals surface area contributed by atoms with E-state index in [4.69, 9.17) is 9.47 Å². The molecular formula is C23H42NO2+. The van der Waals surface area contributed by atoms with E-state index in [0.29, 0.717) is 0 Å². The van der Waals surface area contributed by atoms with Gasteiger partial charge in [0.15, 0.2) is 0 Å². The van der Waals surface area contributed by atoms with Gasteiger partial charge in [0.05, 0.1) is 40.9 Å². The molecule has 0 saturated heterocycles. The molecule has 3 heteroatoms. The highest BCUT2D eigenvalue weighted by Crippen LogP contribution is 2.18. The first kappa shape index (κ1) is 22.8. The molecule has 3 nitrogen and oxygen atoms in total. The van der Waals surface area contributed by atoms with Gasteiger partial charge < -0.3 is 14.0 Å². The van der Waals surface area contributed by atoms with Crippen molar-refractivity contribution in [2.75, 3.05) is 40.9 Å². The lowest BCUT2D eigenvalue weighted by Crippen LogP contribution is -2.35. The van der Waals surface area contributed by atoms with Crippen molar-refractivity contribution in [1.82, 2.24) is 0 Å². The third kappa shape index (κ3) is 13.0. The van der Waals surface area contributed by atoms with Gasteiger partial charge in [0.2, 0.25) is 0 Å². The molecule has 0 aromatic heterocycles. The molecule has 0 N–H and O–H groups in total. The van der Waals surface area contributed by atoms with Crippen LogP contribution in [-0.4, -0.2) is 45.4 Å². The minimum Gasteiger partial charge on any atom is -0.494 e. The van der Waals surface area contributed by atoms with E-state index in [9.17, 15) is 0 Å². The van der Waals surface area contributed by atoms with Crippen LogP contribution in [0.2, 0.25) is 0 Å². The zero-order chi connectivity index (χ0) is 19.1. The predicted molar refractivity (Wildman–Crippen MR) is 112 cm³/mol. The first-order chi connectivity index (χ1) is 12.5. The van der Waals surface area contributed by atoms with Gasteiger partial charge >= 0.3 is 0 Å². The normalized spacial score (nSPS) is 11.5. The summed E-state index contributed by atoms with van der Waals surface area (Å²) in [6.45, 7) is 5.09. The summed E-state index contributed by atoms with van der Waals surface area (Å²) in [6.07, 6.45) is 12.9. The summed E-state index contributed by atoms with van der Waals surface area (Å²) in [7, 11) is 6.83. The zero-order valence-electron chi connectivity index (χ0n) is 17.8. The van der Waals surface area contributed by atoms with Crippen LogP contribution >= 0.6 is 0 Å². The summed E-state index contributed by atoms with van der Waals surface area (Å²) >= 11 is 0. The third-order valence-corrected chi connectivity index (χ3v) is 4.58. The van der Waals surface area contributed by atoms with Gasteiger partial charge in [0.25, 0.3) is 0 Å². The van der Waals surface area contributed by atoms with Crippen LogP contribution in [0.4, 0.5) is 0 Å². The maximum Gasteiger partial charge on any atom is 0.119 e. The number of benzene rings is 1. The zero-order valence-corrected chi connectivity index (χ0v) is 17.8. The fraction of sp³-hybridized carbons (Fsp3) is 0.739. The van der Waals surface area contributed by atoms with Gasteiger partial charge in [-0.2, -0.15) is 0 Å². The first-order valence-corrected chi connectivity index (χ1v) is 10.7. The number of quaternary nitrogens is 1. The van der Waals surface area contributed by atoms with Gasteiger partial charge in [-0.1, -0.05) is 45.4 Å². The van der Waals surface area contributed by atoms with Crippen molar-refractivity contribution in [2.24, 2.45) is 0 Å². The molecular weight excluding hydrogens is 322 g/mol. The van der Waals surface area contributed by atoms with Crippen LogP contribution in [0.5, 0.6) is 11.5 Å². The van der Waals surface area contributed by atoms with Crippen LogP contribution in [0.15, 0.2) is 24.3 Å². The highest BCUT2D eigenvalue weighted by atomic mass is 16.5. The molecule has 0 atom stereocenters. The maximum atomic E-state index is 5.82. The fourth-order valence-corrected chi connectivity index (χ4v) is 2.91. The summed E-state index contributed by atoms with van der Waals surface area (Å²) in [6, 6.07) is 8.03. The van der Waals surface area contributed by atoms with Crippen LogP contribution in [-0.2, 0) is 0 Å². The minimum atomic E-state index is 0.798. The summed E-state index contributed by atoms with van der Waals surface area (Å²) in [5.74, 6) is 1.89. The van der Waals surface area contributed by atoms with E-state index in [-0.39, 0.29) is 0 Å². The molecule has 0 spiro atoms. The largest absolute Gasteiger partial charge is 0.494 e. The Morgan fingerprint density at radius 2 is 1.04 bits per heavy atom. The average Bonchev–Trinajstić information content (AvgIpc) is 2.60. The van der Waals surface area contributed by atoms with Crippen molar-refractivity contribution in [2.45, 2.75) is 71.1 Å². The molecule has 0 saturated carbocycles. The molecule has 0 heterocycles. The van der Waals surface area contributed by atoms with E-state index in [0.717, 1.165) is 48.5 Å². The number of rotatable bonds is 16. The van der Waals surface area contributed by atoms with E-state index in [1.807, 2.05) is 24.3 Å². The fourth-order valence-electron chi connectivity index (χ4n) is 2.91. The molecule has 0 amide bonds. The van der Waals surface area contributed by atoms with E-state index >= 15 is 0 Å². The molecule has 0 radical (unpaired) electrons. The van der Waals surface area contributed by atoms with Crippen LogP contribution in [0, 0.1) is 0 Å². The lowest BCUT2D eigenvalue weighted by molar-refractivity contribution is -0.870. The summed E-state index contributed by atoms with van der Waals surface area (Å²) in [4.78, 5) is 0. The third-order valence-electron chi connectivity index (χ3n) is 4.58. The van der Waals surface area contributed by atoms with E-state index in [1.165, 1.54) is 51.5 Å². The molecule has 150 valence electrons. The molecule has 1 rings (SSSR count).